The van der Waals surface area contributed by atoms with Crippen LogP contribution in [0.3, 0.4) is 0 Å². The molecule has 0 aliphatic rings. The van der Waals surface area contributed by atoms with Crippen LogP contribution < -0.4 is 4.90 Å². The fraction of sp³-hybridized carbons (Fsp3) is 0.118. The van der Waals surface area contributed by atoms with E-state index < -0.39 is 0 Å². The average Bonchev–Trinajstić information content (AvgIpc) is 2.94. The molecule has 0 saturated heterocycles. The van der Waals surface area contributed by atoms with Crippen LogP contribution in [0.5, 0.6) is 0 Å². The minimum absolute atomic E-state index is 0.452. The minimum atomic E-state index is 0.452. The third-order valence-corrected chi connectivity index (χ3v) is 4.22. The van der Waals surface area contributed by atoms with Crippen LogP contribution in [0.4, 0.5) is 5.69 Å². The van der Waals surface area contributed by atoms with Crippen molar-refractivity contribution in [1.82, 2.24) is 14.9 Å². The molecular weight excluding hydrogens is 386 g/mol. The van der Waals surface area contributed by atoms with Crippen molar-refractivity contribution >= 4 is 40.0 Å². The van der Waals surface area contributed by atoms with Crippen molar-refractivity contribution in [3.05, 3.63) is 63.3 Å². The Labute approximate surface area is 153 Å². The minimum Gasteiger partial charge on any atom is -0.378 e. The number of nitrogens with zero attached hydrogens (tertiary/aromatic N) is 4. The topological polar surface area (TPSA) is 49.2 Å². The predicted octanol–water partition coefficient (Wildman–Crippen LogP) is 4.32. The molecule has 0 bridgehead atoms. The van der Waals surface area contributed by atoms with Crippen molar-refractivity contribution in [3.63, 3.8) is 0 Å². The Kier molecular flexibility index (Phi) is 4.92. The van der Waals surface area contributed by atoms with Gasteiger partial charge in [-0.25, -0.2) is 5.10 Å². The Balaban J connectivity index is 1.95. The number of anilines is 1. The first kappa shape index (κ1) is 16.6. The molecule has 0 atom stereocenters. The smallest absolute Gasteiger partial charge is 0.216 e. The SMILES string of the molecule is CN(C)c1ccc(-c2n[nH]c(=S)n2/N=C\c2cccc(Br)c2)cc1. The van der Waals surface area contributed by atoms with E-state index in [9.17, 15) is 0 Å². The van der Waals surface area contributed by atoms with E-state index in [2.05, 4.69) is 31.2 Å². The second kappa shape index (κ2) is 7.11. The lowest BCUT2D eigenvalue weighted by molar-refractivity contribution is 0.871. The van der Waals surface area contributed by atoms with Gasteiger partial charge < -0.3 is 4.90 Å². The van der Waals surface area contributed by atoms with Gasteiger partial charge in [0.05, 0.1) is 6.21 Å². The number of hydrogen-bond donors (Lipinski definition) is 1. The van der Waals surface area contributed by atoms with Crippen LogP contribution >= 0.6 is 28.1 Å². The summed E-state index contributed by atoms with van der Waals surface area (Å²) < 4.78 is 3.08. The molecule has 0 aliphatic carbocycles. The highest BCUT2D eigenvalue weighted by atomic mass is 79.9. The van der Waals surface area contributed by atoms with Crippen LogP contribution in [0, 0.1) is 4.77 Å². The van der Waals surface area contributed by atoms with Crippen LogP contribution in [0.1, 0.15) is 5.56 Å². The maximum absolute atomic E-state index is 5.30. The summed E-state index contributed by atoms with van der Waals surface area (Å²) in [7, 11) is 4.01. The van der Waals surface area contributed by atoms with Crippen molar-refractivity contribution in [2.45, 2.75) is 0 Å². The fourth-order valence-corrected chi connectivity index (χ4v) is 2.80. The highest BCUT2D eigenvalue weighted by molar-refractivity contribution is 9.10. The van der Waals surface area contributed by atoms with E-state index in [1.807, 2.05) is 67.5 Å². The Bertz CT molecular complexity index is 925. The zero-order chi connectivity index (χ0) is 17.1. The summed E-state index contributed by atoms with van der Waals surface area (Å²) in [5.41, 5.74) is 3.04. The number of hydrogen-bond acceptors (Lipinski definition) is 4. The highest BCUT2D eigenvalue weighted by Gasteiger charge is 2.08. The molecule has 1 N–H and O–H groups in total. The normalized spacial score (nSPS) is 11.1. The largest absolute Gasteiger partial charge is 0.378 e. The van der Waals surface area contributed by atoms with E-state index in [0.29, 0.717) is 10.6 Å². The Morgan fingerprint density at radius 3 is 2.62 bits per heavy atom. The van der Waals surface area contributed by atoms with Crippen molar-refractivity contribution in [2.75, 3.05) is 19.0 Å². The van der Waals surface area contributed by atoms with Gasteiger partial charge in [0.25, 0.3) is 0 Å². The summed E-state index contributed by atoms with van der Waals surface area (Å²) in [4.78, 5) is 2.05. The van der Waals surface area contributed by atoms with E-state index in [0.717, 1.165) is 21.3 Å². The van der Waals surface area contributed by atoms with Crippen molar-refractivity contribution in [2.24, 2.45) is 5.10 Å². The van der Waals surface area contributed by atoms with Crippen LogP contribution in [0.15, 0.2) is 58.1 Å². The van der Waals surface area contributed by atoms with Gasteiger partial charge in [-0.2, -0.15) is 14.9 Å². The zero-order valence-corrected chi connectivity index (χ0v) is 15.7. The molecule has 3 rings (SSSR count). The first-order chi connectivity index (χ1) is 11.5. The first-order valence-corrected chi connectivity index (χ1v) is 8.50. The molecule has 0 spiro atoms. The number of nitrogens with one attached hydrogen (secondary N) is 1. The van der Waals surface area contributed by atoms with E-state index in [1.54, 1.807) is 10.9 Å². The fourth-order valence-electron chi connectivity index (χ4n) is 2.21. The molecule has 1 heterocycles. The van der Waals surface area contributed by atoms with Gasteiger partial charge in [-0.15, -0.1) is 0 Å². The van der Waals surface area contributed by atoms with Crippen molar-refractivity contribution < 1.29 is 0 Å². The molecule has 0 amide bonds. The van der Waals surface area contributed by atoms with Gasteiger partial charge in [0.1, 0.15) is 0 Å². The van der Waals surface area contributed by atoms with E-state index in [-0.39, 0.29) is 0 Å². The molecule has 0 saturated carbocycles. The van der Waals surface area contributed by atoms with Crippen molar-refractivity contribution in [3.8, 4) is 11.4 Å². The molecule has 5 nitrogen and oxygen atoms in total. The quantitative estimate of drug-likeness (QED) is 0.523. The summed E-state index contributed by atoms with van der Waals surface area (Å²) in [6, 6.07) is 16.0. The number of halogens is 1. The lowest BCUT2D eigenvalue weighted by Gasteiger charge is -2.12. The number of rotatable bonds is 4. The molecule has 0 fully saturated rings. The maximum Gasteiger partial charge on any atom is 0.216 e. The molecule has 122 valence electrons. The standard InChI is InChI=1S/C17H16BrN5S/c1-22(2)15-8-6-13(7-9-15)16-20-21-17(24)23(16)19-11-12-4-3-5-14(18)10-12/h3-11H,1-2H3,(H,21,24)/b19-11-. The number of H-pyrrole nitrogens is 1. The second-order valence-corrected chi connectivity index (χ2v) is 6.71. The summed E-state index contributed by atoms with van der Waals surface area (Å²) in [6.45, 7) is 0. The summed E-state index contributed by atoms with van der Waals surface area (Å²) in [5.74, 6) is 0.677. The molecule has 1 aromatic heterocycles. The monoisotopic (exact) mass is 401 g/mol. The van der Waals surface area contributed by atoms with Crippen molar-refractivity contribution in [1.29, 1.82) is 0 Å². The molecule has 3 aromatic rings. The van der Waals surface area contributed by atoms with Crippen LogP contribution in [0.25, 0.3) is 11.4 Å². The van der Waals surface area contributed by atoms with Crippen LogP contribution in [-0.4, -0.2) is 35.2 Å². The molecular formula is C17H16BrN5S. The third kappa shape index (κ3) is 3.63. The highest BCUT2D eigenvalue weighted by Crippen LogP contribution is 2.21. The number of aromatic nitrogens is 3. The second-order valence-electron chi connectivity index (χ2n) is 5.41. The molecule has 0 radical (unpaired) electrons. The number of aromatic amines is 1. The van der Waals surface area contributed by atoms with Crippen LogP contribution in [-0.2, 0) is 0 Å². The molecule has 7 heteroatoms. The van der Waals surface area contributed by atoms with E-state index in [1.165, 1.54) is 0 Å². The summed E-state index contributed by atoms with van der Waals surface area (Å²) in [5, 5.41) is 11.6. The molecule has 0 unspecified atom stereocenters. The van der Waals surface area contributed by atoms with Gasteiger partial charge in [0.2, 0.25) is 4.77 Å². The van der Waals surface area contributed by atoms with E-state index in [4.69, 9.17) is 12.2 Å². The van der Waals surface area contributed by atoms with Gasteiger partial charge >= 0.3 is 0 Å². The third-order valence-electron chi connectivity index (χ3n) is 3.46. The lowest BCUT2D eigenvalue weighted by atomic mass is 10.2. The van der Waals surface area contributed by atoms with Gasteiger partial charge in [0.15, 0.2) is 5.82 Å². The van der Waals surface area contributed by atoms with Gasteiger partial charge in [-0.3, -0.25) is 0 Å². The zero-order valence-electron chi connectivity index (χ0n) is 13.3. The van der Waals surface area contributed by atoms with Gasteiger partial charge in [0, 0.05) is 29.8 Å². The maximum atomic E-state index is 5.30. The molecule has 2 aromatic carbocycles. The average molecular weight is 402 g/mol. The summed E-state index contributed by atoms with van der Waals surface area (Å²) in [6.07, 6.45) is 1.76. The molecule has 24 heavy (non-hydrogen) atoms. The number of benzene rings is 2. The Morgan fingerprint density at radius 1 is 1.21 bits per heavy atom. The van der Waals surface area contributed by atoms with Crippen LogP contribution in [0.2, 0.25) is 0 Å². The summed E-state index contributed by atoms with van der Waals surface area (Å²) >= 11 is 8.75. The Morgan fingerprint density at radius 2 is 1.96 bits per heavy atom. The van der Waals surface area contributed by atoms with Gasteiger partial charge in [-0.1, -0.05) is 28.1 Å². The van der Waals surface area contributed by atoms with Gasteiger partial charge in [-0.05, 0) is 54.2 Å². The Hall–Kier alpha value is -2.25. The predicted molar refractivity (Wildman–Crippen MR) is 104 cm³/mol. The first-order valence-electron chi connectivity index (χ1n) is 7.30. The lowest BCUT2D eigenvalue weighted by Crippen LogP contribution is -2.08. The van der Waals surface area contributed by atoms with E-state index >= 15 is 0 Å². The molecule has 0 aliphatic heterocycles.